The zero-order valence-corrected chi connectivity index (χ0v) is 19.9. The van der Waals surface area contributed by atoms with Crippen molar-refractivity contribution in [2.24, 2.45) is 0 Å². The van der Waals surface area contributed by atoms with E-state index in [0.29, 0.717) is 22.0 Å². The van der Waals surface area contributed by atoms with Gasteiger partial charge in [-0.1, -0.05) is 58.6 Å². The number of nitrogens with zero attached hydrogens (tertiary/aromatic N) is 1. The largest absolute Gasteiger partial charge is 0.507 e. The summed E-state index contributed by atoms with van der Waals surface area (Å²) in [4.78, 5) is 27.8. The van der Waals surface area contributed by atoms with Gasteiger partial charge in [-0.3, -0.25) is 14.5 Å². The number of ether oxygens (including phenoxy) is 1. The third-order valence-corrected chi connectivity index (χ3v) is 6.51. The van der Waals surface area contributed by atoms with Crippen LogP contribution >= 0.6 is 34.8 Å². The van der Waals surface area contributed by atoms with Crippen LogP contribution in [0.2, 0.25) is 15.1 Å². The number of methoxy groups -OCH3 is 1. The van der Waals surface area contributed by atoms with Crippen molar-refractivity contribution < 1.29 is 19.4 Å². The number of ketones is 1. The summed E-state index contributed by atoms with van der Waals surface area (Å²) < 4.78 is 5.23. The van der Waals surface area contributed by atoms with E-state index in [-0.39, 0.29) is 21.2 Å². The van der Waals surface area contributed by atoms with Gasteiger partial charge >= 0.3 is 0 Å². The first-order chi connectivity index (χ1) is 15.7. The molecule has 1 heterocycles. The zero-order chi connectivity index (χ0) is 23.9. The van der Waals surface area contributed by atoms with E-state index in [1.807, 2.05) is 19.1 Å². The molecule has 1 fully saturated rings. The van der Waals surface area contributed by atoms with Gasteiger partial charge in [0.1, 0.15) is 11.5 Å². The Hall–Kier alpha value is -2.99. The van der Waals surface area contributed by atoms with Gasteiger partial charge in [0.05, 0.1) is 33.8 Å². The van der Waals surface area contributed by atoms with Gasteiger partial charge in [-0.15, -0.1) is 0 Å². The van der Waals surface area contributed by atoms with E-state index >= 15 is 0 Å². The van der Waals surface area contributed by atoms with Gasteiger partial charge < -0.3 is 9.84 Å². The Morgan fingerprint density at radius 1 is 0.909 bits per heavy atom. The smallest absolute Gasteiger partial charge is 0.300 e. The molecule has 1 saturated heterocycles. The topological polar surface area (TPSA) is 66.8 Å². The van der Waals surface area contributed by atoms with Crippen LogP contribution in [0.4, 0.5) is 5.69 Å². The number of Topliss-reactive ketones (excluding diaryl/α,β-unsaturated/α-hetero) is 1. The molecule has 0 radical (unpaired) electrons. The number of hydrogen-bond acceptors (Lipinski definition) is 4. The molecule has 0 aromatic heterocycles. The van der Waals surface area contributed by atoms with E-state index in [2.05, 4.69) is 0 Å². The summed E-state index contributed by atoms with van der Waals surface area (Å²) in [5, 5.41) is 12.0. The first-order valence-corrected chi connectivity index (χ1v) is 11.0. The van der Waals surface area contributed by atoms with Crippen molar-refractivity contribution in [1.29, 1.82) is 0 Å². The first kappa shape index (κ1) is 23.2. The summed E-state index contributed by atoms with van der Waals surface area (Å²) in [5.41, 5.74) is 2.04. The fraction of sp³-hybridized carbons (Fsp3) is 0.120. The predicted molar refractivity (Wildman–Crippen MR) is 130 cm³/mol. The Morgan fingerprint density at radius 3 is 2.21 bits per heavy atom. The number of rotatable bonds is 4. The average Bonchev–Trinajstić information content (AvgIpc) is 3.07. The molecule has 1 aliphatic rings. The zero-order valence-electron chi connectivity index (χ0n) is 17.6. The molecule has 0 spiro atoms. The molecular formula is C25H18Cl3NO4. The number of anilines is 1. The van der Waals surface area contributed by atoms with Crippen LogP contribution in [0.1, 0.15) is 22.7 Å². The minimum atomic E-state index is -0.954. The lowest BCUT2D eigenvalue weighted by molar-refractivity contribution is -0.132. The Kier molecular flexibility index (Phi) is 6.39. The minimum absolute atomic E-state index is 0.117. The number of halogens is 3. The number of carbonyl (C=O) groups excluding carboxylic acids is 2. The number of carbonyl (C=O) groups is 2. The van der Waals surface area contributed by atoms with Crippen LogP contribution in [0.5, 0.6) is 5.75 Å². The number of hydrogen-bond donors (Lipinski definition) is 1. The van der Waals surface area contributed by atoms with Crippen molar-refractivity contribution in [2.75, 3.05) is 12.0 Å². The Labute approximate surface area is 205 Å². The van der Waals surface area contributed by atoms with Crippen LogP contribution in [0.15, 0.2) is 66.2 Å². The number of amides is 1. The van der Waals surface area contributed by atoms with Gasteiger partial charge in [-0.2, -0.15) is 0 Å². The summed E-state index contributed by atoms with van der Waals surface area (Å²) >= 11 is 18.7. The van der Waals surface area contributed by atoms with E-state index in [4.69, 9.17) is 39.5 Å². The summed E-state index contributed by atoms with van der Waals surface area (Å²) in [7, 11) is 1.47. The fourth-order valence-electron chi connectivity index (χ4n) is 3.76. The van der Waals surface area contributed by atoms with Crippen LogP contribution in [0.3, 0.4) is 0 Å². The molecule has 5 nitrogen and oxygen atoms in total. The molecule has 1 atom stereocenters. The van der Waals surface area contributed by atoms with Crippen molar-refractivity contribution in [1.82, 2.24) is 0 Å². The minimum Gasteiger partial charge on any atom is -0.507 e. The molecule has 1 amide bonds. The highest BCUT2D eigenvalue weighted by atomic mass is 35.5. The number of aliphatic hydroxyl groups is 1. The summed E-state index contributed by atoms with van der Waals surface area (Å²) in [6.45, 7) is 1.92. The summed E-state index contributed by atoms with van der Waals surface area (Å²) in [5.74, 6) is -1.61. The lowest BCUT2D eigenvalue weighted by atomic mass is 9.95. The Balaban J connectivity index is 1.99. The molecule has 3 aromatic rings. The molecule has 3 aromatic carbocycles. The van der Waals surface area contributed by atoms with Gasteiger partial charge in [0.25, 0.3) is 11.7 Å². The second-order valence-corrected chi connectivity index (χ2v) is 8.75. The molecule has 1 unspecified atom stereocenters. The normalized spacial score (nSPS) is 17.5. The van der Waals surface area contributed by atoms with Crippen molar-refractivity contribution in [2.45, 2.75) is 13.0 Å². The van der Waals surface area contributed by atoms with Crippen LogP contribution in [0.25, 0.3) is 5.76 Å². The van der Waals surface area contributed by atoms with Crippen molar-refractivity contribution >= 4 is 57.9 Å². The Morgan fingerprint density at radius 2 is 1.58 bits per heavy atom. The Bertz CT molecular complexity index is 1300. The average molecular weight is 503 g/mol. The molecular weight excluding hydrogens is 485 g/mol. The highest BCUT2D eigenvalue weighted by Crippen LogP contribution is 2.44. The summed E-state index contributed by atoms with van der Waals surface area (Å²) in [6, 6.07) is 15.7. The van der Waals surface area contributed by atoms with E-state index in [1.165, 1.54) is 18.1 Å². The number of benzene rings is 3. The van der Waals surface area contributed by atoms with E-state index in [0.717, 1.165) is 5.56 Å². The monoisotopic (exact) mass is 501 g/mol. The van der Waals surface area contributed by atoms with Crippen LogP contribution in [0, 0.1) is 6.92 Å². The lowest BCUT2D eigenvalue weighted by Gasteiger charge is -2.26. The number of aliphatic hydroxyl groups excluding tert-OH is 1. The lowest BCUT2D eigenvalue weighted by Crippen LogP contribution is -2.29. The molecule has 0 saturated carbocycles. The molecule has 0 aliphatic carbocycles. The summed E-state index contributed by atoms with van der Waals surface area (Å²) in [6.07, 6.45) is 0. The second-order valence-electron chi connectivity index (χ2n) is 7.52. The molecule has 8 heteroatoms. The van der Waals surface area contributed by atoms with Gasteiger partial charge in [-0.25, -0.2) is 0 Å². The van der Waals surface area contributed by atoms with E-state index in [1.54, 1.807) is 42.5 Å². The van der Waals surface area contributed by atoms with Gasteiger partial charge in [-0.05, 0) is 55.0 Å². The van der Waals surface area contributed by atoms with Gasteiger partial charge in [0.2, 0.25) is 0 Å². The second kappa shape index (κ2) is 9.10. The highest BCUT2D eigenvalue weighted by Gasteiger charge is 2.47. The van der Waals surface area contributed by atoms with E-state index < -0.39 is 23.5 Å². The van der Waals surface area contributed by atoms with Crippen molar-refractivity contribution in [3.8, 4) is 5.75 Å². The molecule has 1 N–H and O–H groups in total. The van der Waals surface area contributed by atoms with Crippen LogP contribution < -0.4 is 9.64 Å². The van der Waals surface area contributed by atoms with Crippen LogP contribution in [-0.2, 0) is 9.59 Å². The first-order valence-electron chi connectivity index (χ1n) is 9.89. The maximum atomic E-state index is 13.2. The maximum Gasteiger partial charge on any atom is 0.300 e. The fourth-order valence-corrected chi connectivity index (χ4v) is 4.27. The predicted octanol–water partition coefficient (Wildman–Crippen LogP) is 6.59. The number of aryl methyl sites for hydroxylation is 1. The highest BCUT2D eigenvalue weighted by molar-refractivity contribution is 6.52. The SMILES string of the molecule is COc1ccc(Cl)c(/C(O)=C2\C(=O)C(=O)N(c3ccc(C)cc3)C2c2ccc(Cl)c(Cl)c2)c1. The van der Waals surface area contributed by atoms with Gasteiger partial charge in [0.15, 0.2) is 0 Å². The van der Waals surface area contributed by atoms with Crippen LogP contribution in [-0.4, -0.2) is 23.9 Å². The maximum absolute atomic E-state index is 13.2. The van der Waals surface area contributed by atoms with Crippen molar-refractivity contribution in [3.63, 3.8) is 0 Å². The quantitative estimate of drug-likeness (QED) is 0.248. The molecule has 4 rings (SSSR count). The molecule has 33 heavy (non-hydrogen) atoms. The van der Waals surface area contributed by atoms with Gasteiger partial charge in [0, 0.05) is 11.3 Å². The molecule has 0 bridgehead atoms. The third kappa shape index (κ3) is 4.20. The third-order valence-electron chi connectivity index (χ3n) is 5.44. The molecule has 168 valence electrons. The molecule has 1 aliphatic heterocycles. The standard InChI is InChI=1S/C25H18Cl3NO4/c1-13-3-6-15(7-4-13)29-22(14-5-9-19(27)20(28)11-14)21(24(31)25(29)32)23(30)17-12-16(33-2)8-10-18(17)26/h3-12,22,30H,1-2H3/b23-21+. The van der Waals surface area contributed by atoms with Crippen molar-refractivity contribution in [3.05, 3.63) is 98.0 Å². The van der Waals surface area contributed by atoms with E-state index in [9.17, 15) is 14.7 Å².